The Hall–Kier alpha value is -3.60. The van der Waals surface area contributed by atoms with Crippen molar-refractivity contribution in [2.75, 3.05) is 24.4 Å². The van der Waals surface area contributed by atoms with Gasteiger partial charge in [-0.2, -0.15) is 0 Å². The number of hydrogen-bond acceptors (Lipinski definition) is 6. The van der Waals surface area contributed by atoms with E-state index in [-0.39, 0.29) is 22.6 Å². The zero-order valence-corrected chi connectivity index (χ0v) is 19.4. The molecule has 0 radical (unpaired) electrons. The molecule has 4 amide bonds. The summed E-state index contributed by atoms with van der Waals surface area (Å²) in [5.41, 5.74) is 0.742. The van der Waals surface area contributed by atoms with E-state index in [9.17, 15) is 22.8 Å². The first-order valence-electron chi connectivity index (χ1n) is 11.0. The number of anilines is 1. The molecule has 10 nitrogen and oxygen atoms in total. The van der Waals surface area contributed by atoms with Crippen LogP contribution in [0.3, 0.4) is 0 Å². The third kappa shape index (κ3) is 5.14. The first kappa shape index (κ1) is 23.6. The molecule has 11 heteroatoms. The average Bonchev–Trinajstić information content (AvgIpc) is 3.18. The van der Waals surface area contributed by atoms with E-state index in [1.54, 1.807) is 29.2 Å². The Morgan fingerprint density at radius 1 is 1.12 bits per heavy atom. The number of hydrogen-bond donors (Lipinski definition) is 3. The van der Waals surface area contributed by atoms with Crippen LogP contribution >= 0.6 is 0 Å². The number of nitrogens with zero attached hydrogens (tertiary/aromatic N) is 1. The van der Waals surface area contributed by atoms with E-state index in [0.717, 1.165) is 6.42 Å². The lowest BCUT2D eigenvalue weighted by atomic mass is 9.90. The highest BCUT2D eigenvalue weighted by atomic mass is 32.2. The average molecular weight is 487 g/mol. The number of amides is 4. The van der Waals surface area contributed by atoms with Gasteiger partial charge >= 0.3 is 6.03 Å². The van der Waals surface area contributed by atoms with E-state index in [4.69, 9.17) is 4.74 Å². The van der Waals surface area contributed by atoms with Crippen molar-refractivity contribution >= 4 is 33.6 Å². The molecule has 0 aromatic heterocycles. The summed E-state index contributed by atoms with van der Waals surface area (Å²) in [6, 6.07) is 11.1. The molecule has 0 aliphatic carbocycles. The van der Waals surface area contributed by atoms with Gasteiger partial charge in [-0.15, -0.1) is 0 Å². The maximum Gasteiger partial charge on any atom is 0.322 e. The minimum Gasteiger partial charge on any atom is -0.494 e. The van der Waals surface area contributed by atoms with E-state index >= 15 is 0 Å². The van der Waals surface area contributed by atoms with Gasteiger partial charge in [0.25, 0.3) is 21.8 Å². The molecule has 0 saturated carbocycles. The summed E-state index contributed by atoms with van der Waals surface area (Å²) in [5, 5.41) is 4.83. The van der Waals surface area contributed by atoms with Gasteiger partial charge in [-0.05, 0) is 68.3 Å². The van der Waals surface area contributed by atoms with Crippen LogP contribution in [-0.2, 0) is 14.8 Å². The Labute approximate surface area is 197 Å². The van der Waals surface area contributed by atoms with Gasteiger partial charge < -0.3 is 15.0 Å². The number of carbonyl (C=O) groups is 3. The Morgan fingerprint density at radius 2 is 1.82 bits per heavy atom. The smallest absolute Gasteiger partial charge is 0.322 e. The summed E-state index contributed by atoms with van der Waals surface area (Å²) in [7, 11) is -3.84. The Morgan fingerprint density at radius 3 is 2.44 bits per heavy atom. The van der Waals surface area contributed by atoms with Gasteiger partial charge in [-0.25, -0.2) is 13.2 Å². The van der Waals surface area contributed by atoms with Crippen molar-refractivity contribution in [1.82, 2.24) is 15.5 Å². The van der Waals surface area contributed by atoms with Gasteiger partial charge in [-0.3, -0.25) is 19.6 Å². The number of piperidine rings is 1. The fraction of sp³-hybridized carbons (Fsp3) is 0.348. The molecule has 2 fully saturated rings. The summed E-state index contributed by atoms with van der Waals surface area (Å²) in [5.74, 6) is -0.164. The molecule has 2 saturated heterocycles. The van der Waals surface area contributed by atoms with Crippen molar-refractivity contribution in [1.29, 1.82) is 0 Å². The second-order valence-electron chi connectivity index (χ2n) is 8.18. The number of urea groups is 1. The molecule has 180 valence electrons. The van der Waals surface area contributed by atoms with E-state index < -0.39 is 22.1 Å². The molecule has 0 spiro atoms. The molecule has 0 unspecified atom stereocenters. The predicted molar refractivity (Wildman–Crippen MR) is 124 cm³/mol. The quantitative estimate of drug-likeness (QED) is 0.512. The van der Waals surface area contributed by atoms with E-state index in [1.165, 1.54) is 24.3 Å². The molecule has 4 rings (SSSR count). The number of likely N-dealkylation sites (tertiary alicyclic amines) is 1. The van der Waals surface area contributed by atoms with Crippen LogP contribution in [0, 0.1) is 5.92 Å². The standard InChI is InChI=1S/C23H26N4O6S/c1-2-33-18-9-7-17(8-10-18)26-34(31,32)19-11-5-15(6-12-19)22(29)27-13-3-4-16(14-27)20-21(28)25-23(30)24-20/h5-12,16,20,26H,2-4,13-14H2,1H3,(H2,24,25,28,30)/t16-,20+/m0/s1. The van der Waals surface area contributed by atoms with Crippen LogP contribution in [0.2, 0.25) is 0 Å². The number of sulfonamides is 1. The topological polar surface area (TPSA) is 134 Å². The first-order valence-corrected chi connectivity index (χ1v) is 12.5. The fourth-order valence-corrected chi connectivity index (χ4v) is 5.25. The van der Waals surface area contributed by atoms with Crippen LogP contribution in [0.25, 0.3) is 0 Å². The molecule has 0 bridgehead atoms. The third-order valence-corrected chi connectivity index (χ3v) is 7.25. The van der Waals surface area contributed by atoms with Gasteiger partial charge in [0.2, 0.25) is 0 Å². The summed E-state index contributed by atoms with van der Waals surface area (Å²) >= 11 is 0. The molecule has 2 aromatic carbocycles. The van der Waals surface area contributed by atoms with Gasteiger partial charge in [-0.1, -0.05) is 0 Å². The zero-order chi connectivity index (χ0) is 24.3. The number of rotatable bonds is 7. The number of carbonyl (C=O) groups excluding carboxylic acids is 3. The SMILES string of the molecule is CCOc1ccc(NS(=O)(=O)c2ccc(C(=O)N3CCC[C@H]([C@H]4NC(=O)NC4=O)C3)cc2)cc1. The van der Waals surface area contributed by atoms with E-state index in [1.807, 2.05) is 6.92 Å². The van der Waals surface area contributed by atoms with E-state index in [2.05, 4.69) is 15.4 Å². The van der Waals surface area contributed by atoms with Crippen LogP contribution in [0.1, 0.15) is 30.1 Å². The lowest BCUT2D eigenvalue weighted by molar-refractivity contribution is -0.121. The van der Waals surface area contributed by atoms with Crippen molar-refractivity contribution in [3.63, 3.8) is 0 Å². The number of benzene rings is 2. The lowest BCUT2D eigenvalue weighted by Gasteiger charge is -2.34. The van der Waals surface area contributed by atoms with Crippen molar-refractivity contribution in [2.24, 2.45) is 5.92 Å². The zero-order valence-electron chi connectivity index (χ0n) is 18.6. The third-order valence-electron chi connectivity index (χ3n) is 5.85. The number of ether oxygens (including phenoxy) is 1. The largest absolute Gasteiger partial charge is 0.494 e. The Balaban J connectivity index is 1.41. The molecule has 2 atom stereocenters. The minimum atomic E-state index is -3.84. The van der Waals surface area contributed by atoms with Gasteiger partial charge in [0.15, 0.2) is 0 Å². The van der Waals surface area contributed by atoms with Crippen LogP contribution in [0.5, 0.6) is 5.75 Å². The van der Waals surface area contributed by atoms with Crippen molar-refractivity contribution < 1.29 is 27.5 Å². The summed E-state index contributed by atoms with van der Waals surface area (Å²) in [6.07, 6.45) is 1.42. The molecule has 2 aliphatic rings. The molecular formula is C23H26N4O6S. The molecule has 34 heavy (non-hydrogen) atoms. The van der Waals surface area contributed by atoms with Crippen LogP contribution in [0.15, 0.2) is 53.4 Å². The molecule has 2 aliphatic heterocycles. The highest BCUT2D eigenvalue weighted by Gasteiger charge is 2.39. The number of imide groups is 1. The maximum absolute atomic E-state index is 13.0. The minimum absolute atomic E-state index is 0.0276. The molecular weight excluding hydrogens is 460 g/mol. The maximum atomic E-state index is 13.0. The van der Waals surface area contributed by atoms with Crippen LogP contribution < -0.4 is 20.1 Å². The van der Waals surface area contributed by atoms with Gasteiger partial charge in [0, 0.05) is 30.3 Å². The van der Waals surface area contributed by atoms with Crippen LogP contribution in [-0.4, -0.2) is 56.9 Å². The lowest BCUT2D eigenvalue weighted by Crippen LogP contribution is -2.48. The summed E-state index contributed by atoms with van der Waals surface area (Å²) < 4.78 is 33.3. The second kappa shape index (κ2) is 9.72. The van der Waals surface area contributed by atoms with E-state index in [0.29, 0.717) is 43.1 Å². The van der Waals surface area contributed by atoms with Crippen molar-refractivity contribution in [2.45, 2.75) is 30.7 Å². The van der Waals surface area contributed by atoms with Crippen molar-refractivity contribution in [3.05, 3.63) is 54.1 Å². The Kier molecular flexibility index (Phi) is 6.73. The molecule has 2 aromatic rings. The fourth-order valence-electron chi connectivity index (χ4n) is 4.19. The monoisotopic (exact) mass is 486 g/mol. The number of nitrogens with one attached hydrogen (secondary N) is 3. The van der Waals surface area contributed by atoms with Gasteiger partial charge in [0.1, 0.15) is 11.8 Å². The van der Waals surface area contributed by atoms with Crippen LogP contribution in [0.4, 0.5) is 10.5 Å². The highest BCUT2D eigenvalue weighted by molar-refractivity contribution is 7.92. The predicted octanol–water partition coefficient (Wildman–Crippen LogP) is 1.95. The first-order chi connectivity index (χ1) is 16.3. The van der Waals surface area contributed by atoms with Crippen molar-refractivity contribution in [3.8, 4) is 5.75 Å². The van der Waals surface area contributed by atoms with Gasteiger partial charge in [0.05, 0.1) is 11.5 Å². The summed E-state index contributed by atoms with van der Waals surface area (Å²) in [6.45, 7) is 3.23. The summed E-state index contributed by atoms with van der Waals surface area (Å²) in [4.78, 5) is 38.1. The molecule has 3 N–H and O–H groups in total. The Bertz CT molecular complexity index is 1180. The second-order valence-corrected chi connectivity index (χ2v) is 9.86. The molecule has 2 heterocycles. The normalized spacial score (nSPS) is 20.4. The highest BCUT2D eigenvalue weighted by Crippen LogP contribution is 2.24.